The molecule has 2 aliphatic rings. The number of ketones is 1. The number of esters is 1. The number of pyridine rings is 1. The van der Waals surface area contributed by atoms with Crippen LogP contribution < -0.4 is 4.74 Å². The number of fused-ring (bicyclic) bond motifs is 2. The van der Waals surface area contributed by atoms with Crippen molar-refractivity contribution in [3.8, 4) is 5.75 Å². The molecular formula is C27H26N2O4. The van der Waals surface area contributed by atoms with Crippen LogP contribution in [0.5, 0.6) is 5.75 Å². The van der Waals surface area contributed by atoms with Crippen LogP contribution in [0.4, 0.5) is 0 Å². The minimum Gasteiger partial charge on any atom is -0.486 e. The topological polar surface area (TPSA) is 68.7 Å². The van der Waals surface area contributed by atoms with Gasteiger partial charge in [-0.2, -0.15) is 0 Å². The molecule has 0 radical (unpaired) electrons. The van der Waals surface area contributed by atoms with E-state index in [1.165, 1.54) is 13.2 Å². The maximum Gasteiger partial charge on any atom is 0.330 e. The number of likely N-dealkylation sites (tertiary alicyclic amines) is 1. The molecule has 0 N–H and O–H groups in total. The van der Waals surface area contributed by atoms with E-state index in [1.54, 1.807) is 12.1 Å². The third-order valence-corrected chi connectivity index (χ3v) is 6.54. The quantitative estimate of drug-likeness (QED) is 0.440. The Kier molecular flexibility index (Phi) is 5.68. The summed E-state index contributed by atoms with van der Waals surface area (Å²) in [6, 6.07) is 17.8. The first-order chi connectivity index (χ1) is 16.0. The van der Waals surface area contributed by atoms with Gasteiger partial charge in [0.2, 0.25) is 0 Å². The minimum absolute atomic E-state index is 0.0919. The van der Waals surface area contributed by atoms with E-state index in [2.05, 4.69) is 27.8 Å². The highest BCUT2D eigenvalue weighted by atomic mass is 16.5. The molecule has 1 fully saturated rings. The third kappa shape index (κ3) is 4.52. The van der Waals surface area contributed by atoms with Crippen molar-refractivity contribution in [2.45, 2.75) is 31.4 Å². The highest BCUT2D eigenvalue weighted by Gasteiger charge is 2.42. The summed E-state index contributed by atoms with van der Waals surface area (Å²) in [5.74, 6) is 0.292. The Bertz CT molecular complexity index is 1240. The number of hydrogen-bond acceptors (Lipinski definition) is 6. The minimum atomic E-state index is -0.444. The number of carbonyl (C=O) groups is 2. The van der Waals surface area contributed by atoms with Gasteiger partial charge in [0.1, 0.15) is 11.4 Å². The summed E-state index contributed by atoms with van der Waals surface area (Å²) in [6.07, 6.45) is 4.97. The van der Waals surface area contributed by atoms with Crippen LogP contribution in [0.15, 0.2) is 60.7 Å². The smallest absolute Gasteiger partial charge is 0.330 e. The monoisotopic (exact) mass is 442 g/mol. The van der Waals surface area contributed by atoms with E-state index in [0.717, 1.165) is 54.6 Å². The molecule has 1 spiro atoms. The predicted octanol–water partition coefficient (Wildman–Crippen LogP) is 4.42. The molecule has 0 amide bonds. The van der Waals surface area contributed by atoms with Crippen molar-refractivity contribution < 1.29 is 19.1 Å². The molecule has 5 rings (SSSR count). The molecule has 0 bridgehead atoms. The first-order valence-corrected chi connectivity index (χ1v) is 11.2. The Balaban J connectivity index is 1.25. The Morgan fingerprint density at radius 2 is 1.97 bits per heavy atom. The number of Topliss-reactive ketones (excluding diaryl/α,β-unsaturated/α-hetero) is 1. The maximum atomic E-state index is 13.0. The summed E-state index contributed by atoms with van der Waals surface area (Å²) in [7, 11) is 1.33. The molecule has 0 unspecified atom stereocenters. The number of aromatic nitrogens is 1. The van der Waals surface area contributed by atoms with Crippen molar-refractivity contribution in [3.05, 3.63) is 77.5 Å². The molecule has 1 aromatic heterocycles. The van der Waals surface area contributed by atoms with Crippen molar-refractivity contribution in [2.75, 3.05) is 20.2 Å². The first kappa shape index (κ1) is 21.3. The molecule has 6 nitrogen and oxygen atoms in total. The van der Waals surface area contributed by atoms with E-state index in [9.17, 15) is 9.59 Å². The van der Waals surface area contributed by atoms with Crippen LogP contribution in [0.25, 0.3) is 17.0 Å². The standard InChI is InChI=1S/C27H26N2O4/c1-32-26(31)11-7-19-6-10-25-22(16-19)24(30)17-27(33-25)12-14-29(15-13-27)18-21-9-8-20-4-2-3-5-23(20)28-21/h2-11,16H,12-15,17-18H2,1H3/b11-7+. The van der Waals surface area contributed by atoms with Gasteiger partial charge in [-0.15, -0.1) is 0 Å². The van der Waals surface area contributed by atoms with Crippen molar-refractivity contribution in [3.63, 3.8) is 0 Å². The summed E-state index contributed by atoms with van der Waals surface area (Å²) < 4.78 is 11.0. The zero-order valence-corrected chi connectivity index (χ0v) is 18.6. The van der Waals surface area contributed by atoms with E-state index < -0.39 is 11.6 Å². The summed E-state index contributed by atoms with van der Waals surface area (Å²) >= 11 is 0. The molecule has 3 heterocycles. The van der Waals surface area contributed by atoms with E-state index in [-0.39, 0.29) is 5.78 Å². The molecule has 3 aromatic rings. The molecule has 0 aliphatic carbocycles. The number of piperidine rings is 1. The summed E-state index contributed by atoms with van der Waals surface area (Å²) in [5, 5.41) is 1.15. The van der Waals surface area contributed by atoms with Crippen LogP contribution in [0.1, 0.15) is 40.9 Å². The Morgan fingerprint density at radius 3 is 2.79 bits per heavy atom. The van der Waals surface area contributed by atoms with Gasteiger partial charge in [0.05, 0.1) is 30.3 Å². The SMILES string of the molecule is COC(=O)/C=C/c1ccc2c(c1)C(=O)CC1(CCN(Cc3ccc4ccccc4n3)CC1)O2. The van der Waals surface area contributed by atoms with Crippen molar-refractivity contribution in [1.82, 2.24) is 9.88 Å². The van der Waals surface area contributed by atoms with E-state index in [4.69, 9.17) is 9.72 Å². The highest BCUT2D eigenvalue weighted by Crippen LogP contribution is 2.40. The highest BCUT2D eigenvalue weighted by molar-refractivity contribution is 6.01. The summed E-state index contributed by atoms with van der Waals surface area (Å²) in [5.41, 5.74) is 2.98. The lowest BCUT2D eigenvalue weighted by Gasteiger charge is -2.44. The second-order valence-electron chi connectivity index (χ2n) is 8.77. The van der Waals surface area contributed by atoms with E-state index >= 15 is 0 Å². The van der Waals surface area contributed by atoms with Gasteiger partial charge in [-0.05, 0) is 35.9 Å². The number of para-hydroxylation sites is 1. The van der Waals surface area contributed by atoms with Crippen LogP contribution in [-0.4, -0.2) is 47.4 Å². The zero-order valence-electron chi connectivity index (χ0n) is 18.6. The predicted molar refractivity (Wildman–Crippen MR) is 126 cm³/mol. The molecular weight excluding hydrogens is 416 g/mol. The molecule has 168 valence electrons. The number of nitrogens with zero attached hydrogens (tertiary/aromatic N) is 2. The normalized spacial score (nSPS) is 17.8. The van der Waals surface area contributed by atoms with Gasteiger partial charge in [-0.1, -0.05) is 30.3 Å². The van der Waals surface area contributed by atoms with Crippen LogP contribution in [0.2, 0.25) is 0 Å². The van der Waals surface area contributed by atoms with Gasteiger partial charge in [0.15, 0.2) is 5.78 Å². The van der Waals surface area contributed by atoms with Crippen LogP contribution in [-0.2, 0) is 16.1 Å². The van der Waals surface area contributed by atoms with Gasteiger partial charge in [0.25, 0.3) is 0 Å². The maximum absolute atomic E-state index is 13.0. The van der Waals surface area contributed by atoms with Gasteiger partial charge in [-0.25, -0.2) is 4.79 Å². The number of rotatable bonds is 4. The van der Waals surface area contributed by atoms with Crippen LogP contribution >= 0.6 is 0 Å². The van der Waals surface area contributed by atoms with Gasteiger partial charge in [-0.3, -0.25) is 14.7 Å². The zero-order chi connectivity index (χ0) is 22.8. The molecule has 0 saturated carbocycles. The number of hydrogen-bond donors (Lipinski definition) is 0. The van der Waals surface area contributed by atoms with Gasteiger partial charge >= 0.3 is 5.97 Å². The molecule has 6 heteroatoms. The fourth-order valence-corrected chi connectivity index (χ4v) is 4.67. The molecule has 1 saturated heterocycles. The Labute approximate surface area is 192 Å². The van der Waals surface area contributed by atoms with Crippen molar-refractivity contribution in [1.29, 1.82) is 0 Å². The van der Waals surface area contributed by atoms with Gasteiger partial charge < -0.3 is 9.47 Å². The molecule has 0 atom stereocenters. The average molecular weight is 443 g/mol. The van der Waals surface area contributed by atoms with E-state index in [1.807, 2.05) is 30.3 Å². The molecule has 33 heavy (non-hydrogen) atoms. The second-order valence-corrected chi connectivity index (χ2v) is 8.77. The van der Waals surface area contributed by atoms with Gasteiger partial charge in [0, 0.05) is 43.9 Å². The lowest BCUT2D eigenvalue weighted by Crippen LogP contribution is -2.50. The van der Waals surface area contributed by atoms with Crippen molar-refractivity contribution >= 4 is 28.7 Å². The largest absolute Gasteiger partial charge is 0.486 e. The molecule has 2 aromatic carbocycles. The van der Waals surface area contributed by atoms with Crippen LogP contribution in [0.3, 0.4) is 0 Å². The summed E-state index contributed by atoms with van der Waals surface area (Å²) in [6.45, 7) is 2.51. The van der Waals surface area contributed by atoms with E-state index in [0.29, 0.717) is 17.7 Å². The Hall–Kier alpha value is -3.51. The third-order valence-electron chi connectivity index (χ3n) is 6.54. The molecule has 2 aliphatic heterocycles. The lowest BCUT2D eigenvalue weighted by atomic mass is 9.82. The van der Waals surface area contributed by atoms with Crippen molar-refractivity contribution in [2.24, 2.45) is 0 Å². The number of benzene rings is 2. The number of methoxy groups -OCH3 is 1. The lowest BCUT2D eigenvalue weighted by molar-refractivity contribution is -0.134. The van der Waals surface area contributed by atoms with Crippen LogP contribution in [0, 0.1) is 0 Å². The average Bonchev–Trinajstić information content (AvgIpc) is 2.84. The first-order valence-electron chi connectivity index (χ1n) is 11.2. The number of carbonyl (C=O) groups excluding carboxylic acids is 2. The number of ether oxygens (including phenoxy) is 2. The Morgan fingerprint density at radius 1 is 1.15 bits per heavy atom. The fraction of sp³-hybridized carbons (Fsp3) is 0.296. The second kappa shape index (κ2) is 8.79. The fourth-order valence-electron chi connectivity index (χ4n) is 4.67. The summed E-state index contributed by atoms with van der Waals surface area (Å²) in [4.78, 5) is 31.5.